The molecule has 1 unspecified atom stereocenters. The highest BCUT2D eigenvalue weighted by Crippen LogP contribution is 2.28. The van der Waals surface area contributed by atoms with Gasteiger partial charge in [0.15, 0.2) is 0 Å². The Bertz CT molecular complexity index is 682. The molecule has 1 aromatic carbocycles. The summed E-state index contributed by atoms with van der Waals surface area (Å²) >= 11 is 0. The van der Waals surface area contributed by atoms with Crippen molar-refractivity contribution in [3.05, 3.63) is 33.9 Å². The lowest BCUT2D eigenvalue weighted by Crippen LogP contribution is -2.53. The normalized spacial score (nSPS) is 20.4. The molecule has 8 nitrogen and oxygen atoms in total. The minimum absolute atomic E-state index is 0.0534. The van der Waals surface area contributed by atoms with Gasteiger partial charge in [-0.15, -0.1) is 0 Å². The monoisotopic (exact) mass is 323 g/mol. The van der Waals surface area contributed by atoms with Crippen molar-refractivity contribution in [2.75, 3.05) is 19.8 Å². The Balaban J connectivity index is 2.54. The summed E-state index contributed by atoms with van der Waals surface area (Å²) in [5.74, 6) is -2.88. The third-order valence-electron chi connectivity index (χ3n) is 2.90. The van der Waals surface area contributed by atoms with Crippen LogP contribution in [0.5, 0.6) is 0 Å². The van der Waals surface area contributed by atoms with Crippen molar-refractivity contribution in [1.82, 2.24) is 4.31 Å². The fraction of sp³-hybridized carbons (Fsp3) is 0.400. The number of nitrogens with two attached hydrogens (primary N) is 1. The van der Waals surface area contributed by atoms with Crippen LogP contribution < -0.4 is 5.73 Å². The topological polar surface area (TPSA) is 116 Å². The van der Waals surface area contributed by atoms with E-state index < -0.39 is 43.3 Å². The van der Waals surface area contributed by atoms with Gasteiger partial charge in [-0.3, -0.25) is 10.1 Å². The molecule has 1 heterocycles. The molecule has 1 aliphatic rings. The Morgan fingerprint density at radius 2 is 2.05 bits per heavy atom. The fourth-order valence-electron chi connectivity index (χ4n) is 1.89. The van der Waals surface area contributed by atoms with Gasteiger partial charge in [-0.2, -0.15) is 8.70 Å². The Morgan fingerprint density at radius 3 is 2.62 bits per heavy atom. The number of nitro groups is 1. The Morgan fingerprint density at radius 1 is 1.38 bits per heavy atom. The van der Waals surface area contributed by atoms with Crippen molar-refractivity contribution in [2.45, 2.75) is 11.1 Å². The van der Waals surface area contributed by atoms with E-state index in [0.717, 1.165) is 4.31 Å². The summed E-state index contributed by atoms with van der Waals surface area (Å²) in [6.07, 6.45) is -1.05. The third kappa shape index (κ3) is 2.85. The smallest absolute Gasteiger partial charge is 0.306 e. The highest BCUT2D eigenvalue weighted by molar-refractivity contribution is 7.89. The Hall–Kier alpha value is -1.69. The van der Waals surface area contributed by atoms with E-state index in [1.54, 1.807) is 0 Å². The number of rotatable bonds is 3. The first-order chi connectivity index (χ1) is 9.75. The number of halogens is 2. The Kier molecular flexibility index (Phi) is 4.18. The van der Waals surface area contributed by atoms with Gasteiger partial charge >= 0.3 is 5.69 Å². The fourth-order valence-corrected chi connectivity index (χ4v) is 3.44. The van der Waals surface area contributed by atoms with E-state index in [4.69, 9.17) is 10.5 Å². The molecule has 21 heavy (non-hydrogen) atoms. The molecule has 1 fully saturated rings. The van der Waals surface area contributed by atoms with E-state index in [9.17, 15) is 27.3 Å². The predicted octanol–water partition coefficient (Wildman–Crippen LogP) is 0.179. The van der Waals surface area contributed by atoms with Crippen LogP contribution >= 0.6 is 0 Å². The number of nitrogens with zero attached hydrogens (tertiary/aromatic N) is 2. The molecule has 11 heteroatoms. The van der Waals surface area contributed by atoms with Gasteiger partial charge in [-0.1, -0.05) is 0 Å². The average molecular weight is 323 g/mol. The first-order valence-corrected chi connectivity index (χ1v) is 7.17. The van der Waals surface area contributed by atoms with E-state index >= 15 is 0 Å². The molecule has 1 aliphatic heterocycles. The zero-order valence-corrected chi connectivity index (χ0v) is 11.3. The van der Waals surface area contributed by atoms with E-state index in [-0.39, 0.29) is 25.8 Å². The number of ether oxygens (including phenoxy) is 1. The van der Waals surface area contributed by atoms with Crippen LogP contribution in [0.4, 0.5) is 14.5 Å². The van der Waals surface area contributed by atoms with Crippen molar-refractivity contribution < 1.29 is 26.9 Å². The summed E-state index contributed by atoms with van der Waals surface area (Å²) in [4.78, 5) is 8.52. The SMILES string of the molecule is NC1COCCN1S(=O)(=O)c1cc([N+](=O)[O-])c(F)cc1F. The van der Waals surface area contributed by atoms with E-state index in [2.05, 4.69) is 0 Å². The first kappa shape index (κ1) is 15.7. The Labute approximate surface area is 118 Å². The van der Waals surface area contributed by atoms with E-state index in [0.29, 0.717) is 6.07 Å². The van der Waals surface area contributed by atoms with Gasteiger partial charge in [0.05, 0.1) is 24.3 Å². The van der Waals surface area contributed by atoms with Gasteiger partial charge in [0, 0.05) is 18.7 Å². The van der Waals surface area contributed by atoms with Crippen LogP contribution in [-0.4, -0.2) is 43.6 Å². The minimum Gasteiger partial charge on any atom is -0.377 e. The van der Waals surface area contributed by atoms with Crippen molar-refractivity contribution in [3.8, 4) is 0 Å². The highest BCUT2D eigenvalue weighted by atomic mass is 32.2. The largest absolute Gasteiger partial charge is 0.377 e. The van der Waals surface area contributed by atoms with Crippen LogP contribution in [0.1, 0.15) is 0 Å². The van der Waals surface area contributed by atoms with Gasteiger partial charge in [-0.05, 0) is 0 Å². The molecule has 2 rings (SSSR count). The number of benzene rings is 1. The van der Waals surface area contributed by atoms with Crippen molar-refractivity contribution in [1.29, 1.82) is 0 Å². The van der Waals surface area contributed by atoms with Crippen molar-refractivity contribution >= 4 is 15.7 Å². The van der Waals surface area contributed by atoms with E-state index in [1.807, 2.05) is 0 Å². The van der Waals surface area contributed by atoms with Crippen LogP contribution in [0.15, 0.2) is 17.0 Å². The number of hydrogen-bond donors (Lipinski definition) is 1. The standard InChI is InChI=1S/C10H11F2N3O5S/c11-6-3-7(12)9(4-8(6)15(16)17)21(18,19)14-1-2-20-5-10(14)13/h3-4,10H,1-2,5,13H2. The van der Waals surface area contributed by atoms with Crippen LogP contribution in [0, 0.1) is 21.7 Å². The summed E-state index contributed by atoms with van der Waals surface area (Å²) in [6.45, 7) is -0.171. The second-order valence-corrected chi connectivity index (χ2v) is 6.11. The minimum atomic E-state index is -4.43. The molecule has 1 atom stereocenters. The first-order valence-electron chi connectivity index (χ1n) is 5.73. The lowest BCUT2D eigenvalue weighted by atomic mass is 10.3. The molecule has 0 radical (unpaired) electrons. The lowest BCUT2D eigenvalue weighted by Gasteiger charge is -2.31. The number of hydrogen-bond acceptors (Lipinski definition) is 6. The zero-order valence-electron chi connectivity index (χ0n) is 10.5. The number of sulfonamides is 1. The number of morpholine rings is 1. The second-order valence-electron chi connectivity index (χ2n) is 4.25. The maximum absolute atomic E-state index is 13.7. The molecule has 0 aromatic heterocycles. The molecular formula is C10H11F2N3O5S. The van der Waals surface area contributed by atoms with Crippen LogP contribution in [-0.2, 0) is 14.8 Å². The molecule has 2 N–H and O–H groups in total. The molecule has 1 aromatic rings. The maximum atomic E-state index is 13.7. The molecule has 0 bridgehead atoms. The third-order valence-corrected chi connectivity index (χ3v) is 4.84. The molecule has 0 aliphatic carbocycles. The summed E-state index contributed by atoms with van der Waals surface area (Å²) in [5, 5.41) is 10.6. The van der Waals surface area contributed by atoms with Gasteiger partial charge in [-0.25, -0.2) is 12.8 Å². The summed E-state index contributed by atoms with van der Waals surface area (Å²) in [7, 11) is -4.43. The van der Waals surface area contributed by atoms with Gasteiger partial charge in [0.2, 0.25) is 15.8 Å². The molecule has 1 saturated heterocycles. The maximum Gasteiger partial charge on any atom is 0.306 e. The van der Waals surface area contributed by atoms with Crippen LogP contribution in [0.25, 0.3) is 0 Å². The number of nitro benzene ring substituents is 1. The average Bonchev–Trinajstić information content (AvgIpc) is 2.38. The molecular weight excluding hydrogens is 312 g/mol. The molecule has 116 valence electrons. The molecule has 0 amide bonds. The quantitative estimate of drug-likeness (QED) is 0.626. The lowest BCUT2D eigenvalue weighted by molar-refractivity contribution is -0.387. The second kappa shape index (κ2) is 5.60. The predicted molar refractivity (Wildman–Crippen MR) is 65.7 cm³/mol. The van der Waals surface area contributed by atoms with Gasteiger partial charge in [0.1, 0.15) is 10.7 Å². The van der Waals surface area contributed by atoms with Crippen molar-refractivity contribution in [2.24, 2.45) is 5.73 Å². The van der Waals surface area contributed by atoms with Gasteiger partial charge < -0.3 is 10.5 Å². The van der Waals surface area contributed by atoms with Crippen LogP contribution in [0.2, 0.25) is 0 Å². The van der Waals surface area contributed by atoms with Crippen LogP contribution in [0.3, 0.4) is 0 Å². The summed E-state index contributed by atoms with van der Waals surface area (Å²) in [6, 6.07) is 0.513. The van der Waals surface area contributed by atoms with E-state index in [1.165, 1.54) is 0 Å². The van der Waals surface area contributed by atoms with Crippen molar-refractivity contribution in [3.63, 3.8) is 0 Å². The highest BCUT2D eigenvalue weighted by Gasteiger charge is 2.35. The zero-order chi connectivity index (χ0) is 15.8. The summed E-state index contributed by atoms with van der Waals surface area (Å²) < 4.78 is 57.3. The molecule has 0 spiro atoms. The molecule has 0 saturated carbocycles. The summed E-state index contributed by atoms with van der Waals surface area (Å²) in [5.41, 5.74) is 4.44. The van der Waals surface area contributed by atoms with Gasteiger partial charge in [0.25, 0.3) is 0 Å².